The Morgan fingerprint density at radius 3 is 2.44 bits per heavy atom. The van der Waals surface area contributed by atoms with Gasteiger partial charge in [0.15, 0.2) is 0 Å². The number of rotatable bonds is 6. The number of hydrogen-bond donors (Lipinski definition) is 1. The summed E-state index contributed by atoms with van der Waals surface area (Å²) in [5.74, 6) is -0.448. The van der Waals surface area contributed by atoms with Gasteiger partial charge in [0.05, 0.1) is 30.3 Å². The standard InChI is InChI=1S/C18H28N4O4S/c1-20-7-9-22(10-8-20)27(24,25)15-6-18(23)19-16-4-2-3-5-17(16)21-11-13-26-14-12-21/h2-5H,6-15H2,1H3,(H,19,23). The second-order valence-corrected chi connectivity index (χ2v) is 9.02. The third-order valence-corrected chi connectivity index (χ3v) is 6.84. The summed E-state index contributed by atoms with van der Waals surface area (Å²) in [4.78, 5) is 16.6. The maximum absolute atomic E-state index is 12.5. The van der Waals surface area contributed by atoms with Crippen LogP contribution in [0.4, 0.5) is 11.4 Å². The molecule has 1 aromatic carbocycles. The monoisotopic (exact) mass is 396 g/mol. The minimum atomic E-state index is -3.41. The van der Waals surface area contributed by atoms with Gasteiger partial charge in [-0.3, -0.25) is 4.79 Å². The van der Waals surface area contributed by atoms with Crippen LogP contribution >= 0.6 is 0 Å². The van der Waals surface area contributed by atoms with Crippen molar-refractivity contribution in [1.29, 1.82) is 0 Å². The topological polar surface area (TPSA) is 82.2 Å². The molecule has 0 aliphatic carbocycles. The molecular weight excluding hydrogens is 368 g/mol. The fourth-order valence-electron chi connectivity index (χ4n) is 3.29. The van der Waals surface area contributed by atoms with Crippen molar-refractivity contribution in [2.75, 3.05) is 75.5 Å². The molecule has 1 N–H and O–H groups in total. The third-order valence-electron chi connectivity index (χ3n) is 4.97. The number of para-hydroxylation sites is 2. The molecule has 0 aromatic heterocycles. The van der Waals surface area contributed by atoms with Crippen LogP contribution in [0.1, 0.15) is 6.42 Å². The van der Waals surface area contributed by atoms with E-state index in [1.165, 1.54) is 4.31 Å². The highest BCUT2D eigenvalue weighted by Crippen LogP contribution is 2.26. The van der Waals surface area contributed by atoms with E-state index >= 15 is 0 Å². The lowest BCUT2D eigenvalue weighted by molar-refractivity contribution is -0.115. The lowest BCUT2D eigenvalue weighted by Gasteiger charge is -2.31. The van der Waals surface area contributed by atoms with Crippen LogP contribution in [0.2, 0.25) is 0 Å². The van der Waals surface area contributed by atoms with Crippen molar-refractivity contribution in [2.45, 2.75) is 6.42 Å². The zero-order valence-electron chi connectivity index (χ0n) is 15.8. The van der Waals surface area contributed by atoms with Crippen molar-refractivity contribution in [2.24, 2.45) is 0 Å². The minimum absolute atomic E-state index is 0.0495. The number of ether oxygens (including phenoxy) is 1. The summed E-state index contributed by atoms with van der Waals surface area (Å²) in [6.07, 6.45) is -0.0495. The lowest BCUT2D eigenvalue weighted by Crippen LogP contribution is -2.48. The highest BCUT2D eigenvalue weighted by Gasteiger charge is 2.26. The number of carbonyl (C=O) groups excluding carboxylic acids is 1. The molecular formula is C18H28N4O4S. The molecule has 0 unspecified atom stereocenters. The smallest absolute Gasteiger partial charge is 0.225 e. The maximum atomic E-state index is 12.5. The van der Waals surface area contributed by atoms with E-state index in [9.17, 15) is 13.2 Å². The predicted octanol–water partition coefficient (Wildman–Crippen LogP) is 0.429. The molecule has 2 saturated heterocycles. The van der Waals surface area contributed by atoms with Gasteiger partial charge in [0, 0.05) is 45.7 Å². The number of sulfonamides is 1. The highest BCUT2D eigenvalue weighted by molar-refractivity contribution is 7.89. The van der Waals surface area contributed by atoms with Crippen LogP contribution < -0.4 is 10.2 Å². The first-order valence-corrected chi connectivity index (χ1v) is 10.9. The average Bonchev–Trinajstić information content (AvgIpc) is 2.68. The summed E-state index contributed by atoms with van der Waals surface area (Å²) in [6.45, 7) is 5.27. The van der Waals surface area contributed by atoms with E-state index in [1.54, 1.807) is 0 Å². The van der Waals surface area contributed by atoms with Gasteiger partial charge in [0.1, 0.15) is 0 Å². The van der Waals surface area contributed by atoms with Gasteiger partial charge in [-0.1, -0.05) is 12.1 Å². The average molecular weight is 397 g/mol. The number of piperazine rings is 1. The van der Waals surface area contributed by atoms with Crippen molar-refractivity contribution in [3.63, 3.8) is 0 Å². The summed E-state index contributed by atoms with van der Waals surface area (Å²) in [7, 11) is -1.43. The van der Waals surface area contributed by atoms with Gasteiger partial charge in [-0.15, -0.1) is 0 Å². The highest BCUT2D eigenvalue weighted by atomic mass is 32.2. The zero-order chi connectivity index (χ0) is 19.3. The van der Waals surface area contributed by atoms with Gasteiger partial charge in [0.2, 0.25) is 15.9 Å². The quantitative estimate of drug-likeness (QED) is 0.751. The number of anilines is 2. The van der Waals surface area contributed by atoms with Crippen molar-refractivity contribution >= 4 is 27.3 Å². The number of benzene rings is 1. The first-order valence-electron chi connectivity index (χ1n) is 9.34. The molecule has 0 atom stereocenters. The van der Waals surface area contributed by atoms with E-state index < -0.39 is 10.0 Å². The van der Waals surface area contributed by atoms with Crippen LogP contribution in [0.15, 0.2) is 24.3 Å². The molecule has 0 bridgehead atoms. The summed E-state index contributed by atoms with van der Waals surface area (Å²) in [5, 5.41) is 2.88. The molecule has 0 radical (unpaired) electrons. The number of nitrogens with one attached hydrogen (secondary N) is 1. The number of likely N-dealkylation sites (N-methyl/N-ethyl adjacent to an activating group) is 1. The van der Waals surface area contributed by atoms with Crippen LogP contribution in [0.5, 0.6) is 0 Å². The first-order chi connectivity index (χ1) is 13.0. The Bertz CT molecular complexity index is 741. The van der Waals surface area contributed by atoms with E-state index in [1.807, 2.05) is 31.3 Å². The molecule has 2 fully saturated rings. The number of carbonyl (C=O) groups is 1. The van der Waals surface area contributed by atoms with E-state index in [0.29, 0.717) is 32.0 Å². The Kier molecular flexibility index (Phi) is 6.69. The fourth-order valence-corrected chi connectivity index (χ4v) is 4.71. The molecule has 2 heterocycles. The Morgan fingerprint density at radius 2 is 1.74 bits per heavy atom. The normalized spacial score (nSPS) is 19.8. The zero-order valence-corrected chi connectivity index (χ0v) is 16.6. The lowest BCUT2D eigenvalue weighted by atomic mass is 10.2. The van der Waals surface area contributed by atoms with E-state index in [4.69, 9.17) is 4.74 Å². The fraction of sp³-hybridized carbons (Fsp3) is 0.611. The second-order valence-electron chi connectivity index (χ2n) is 6.93. The Balaban J connectivity index is 1.56. The second kappa shape index (κ2) is 9.01. The third kappa shape index (κ3) is 5.41. The van der Waals surface area contributed by atoms with E-state index in [2.05, 4.69) is 15.1 Å². The molecule has 9 heteroatoms. The van der Waals surface area contributed by atoms with Crippen LogP contribution in [-0.2, 0) is 19.6 Å². The van der Waals surface area contributed by atoms with Gasteiger partial charge in [-0.05, 0) is 19.2 Å². The van der Waals surface area contributed by atoms with Gasteiger partial charge < -0.3 is 19.9 Å². The Morgan fingerprint density at radius 1 is 1.07 bits per heavy atom. The summed E-state index contributed by atoms with van der Waals surface area (Å²) >= 11 is 0. The van der Waals surface area contributed by atoms with Crippen molar-refractivity contribution < 1.29 is 17.9 Å². The van der Waals surface area contributed by atoms with Gasteiger partial charge >= 0.3 is 0 Å². The molecule has 1 amide bonds. The molecule has 150 valence electrons. The van der Waals surface area contributed by atoms with E-state index in [0.717, 1.165) is 31.9 Å². The van der Waals surface area contributed by atoms with Gasteiger partial charge in [0.25, 0.3) is 0 Å². The Labute approximate surface area is 161 Å². The summed E-state index contributed by atoms with van der Waals surface area (Å²) in [6, 6.07) is 7.60. The number of amides is 1. The van der Waals surface area contributed by atoms with Crippen LogP contribution in [0.3, 0.4) is 0 Å². The van der Waals surface area contributed by atoms with Crippen molar-refractivity contribution in [3.05, 3.63) is 24.3 Å². The van der Waals surface area contributed by atoms with Crippen LogP contribution in [-0.4, -0.2) is 88.8 Å². The van der Waals surface area contributed by atoms with Crippen LogP contribution in [0, 0.1) is 0 Å². The van der Waals surface area contributed by atoms with Crippen molar-refractivity contribution in [1.82, 2.24) is 9.21 Å². The summed E-state index contributed by atoms with van der Waals surface area (Å²) < 4.78 is 31.8. The SMILES string of the molecule is CN1CCN(S(=O)(=O)CCC(=O)Nc2ccccc2N2CCOCC2)CC1. The molecule has 0 spiro atoms. The van der Waals surface area contributed by atoms with Crippen molar-refractivity contribution in [3.8, 4) is 0 Å². The van der Waals surface area contributed by atoms with E-state index in [-0.39, 0.29) is 18.1 Å². The minimum Gasteiger partial charge on any atom is -0.378 e. The first kappa shape index (κ1) is 20.1. The molecule has 3 rings (SSSR count). The van der Waals surface area contributed by atoms with Gasteiger partial charge in [-0.2, -0.15) is 4.31 Å². The largest absolute Gasteiger partial charge is 0.378 e. The van der Waals surface area contributed by atoms with Crippen LogP contribution in [0.25, 0.3) is 0 Å². The number of hydrogen-bond acceptors (Lipinski definition) is 6. The van der Waals surface area contributed by atoms with Gasteiger partial charge in [-0.25, -0.2) is 8.42 Å². The predicted molar refractivity (Wildman–Crippen MR) is 106 cm³/mol. The molecule has 1 aromatic rings. The molecule has 2 aliphatic rings. The maximum Gasteiger partial charge on any atom is 0.225 e. The number of nitrogens with zero attached hydrogens (tertiary/aromatic N) is 3. The Hall–Kier alpha value is -1.68. The molecule has 8 nitrogen and oxygen atoms in total. The molecule has 2 aliphatic heterocycles. The number of morpholine rings is 1. The molecule has 27 heavy (non-hydrogen) atoms. The molecule has 0 saturated carbocycles. The summed E-state index contributed by atoms with van der Waals surface area (Å²) in [5.41, 5.74) is 1.65.